The van der Waals surface area contributed by atoms with Gasteiger partial charge < -0.3 is 5.32 Å². The number of thiazole rings is 1. The monoisotopic (exact) mass is 391 g/mol. The van der Waals surface area contributed by atoms with Crippen molar-refractivity contribution in [3.63, 3.8) is 0 Å². The summed E-state index contributed by atoms with van der Waals surface area (Å²) in [7, 11) is 0. The second-order valence-electron chi connectivity index (χ2n) is 5.39. The molecule has 0 aliphatic rings. The van der Waals surface area contributed by atoms with Crippen molar-refractivity contribution in [1.82, 2.24) is 4.98 Å². The Balaban J connectivity index is 1.68. The van der Waals surface area contributed by atoms with Crippen LogP contribution in [0.4, 0.5) is 24.0 Å². The summed E-state index contributed by atoms with van der Waals surface area (Å²) in [6.07, 6.45) is -4.50. The van der Waals surface area contributed by atoms with Gasteiger partial charge in [-0.2, -0.15) is 13.2 Å². The smallest absolute Gasteiger partial charge is 0.321 e. The first kappa shape index (κ1) is 18.6. The van der Waals surface area contributed by atoms with Crippen molar-refractivity contribution in [2.75, 3.05) is 10.6 Å². The highest BCUT2D eigenvalue weighted by Crippen LogP contribution is 2.30. The number of aromatic nitrogens is 1. The molecule has 0 radical (unpaired) electrons. The molecule has 0 aliphatic carbocycles. The fraction of sp³-hybridized carbons (Fsp3) is 0.0556. The molecule has 3 rings (SSSR count). The van der Waals surface area contributed by atoms with E-state index >= 15 is 0 Å². The van der Waals surface area contributed by atoms with E-state index in [0.717, 1.165) is 23.5 Å². The third-order valence-electron chi connectivity index (χ3n) is 3.44. The molecule has 3 aromatic rings. The molecule has 0 saturated carbocycles. The molecule has 0 unspecified atom stereocenters. The molecule has 0 saturated heterocycles. The minimum Gasteiger partial charge on any atom is -0.321 e. The van der Waals surface area contributed by atoms with Gasteiger partial charge in [-0.25, -0.2) is 4.98 Å². The SMILES string of the molecule is O=C(Nc1nc(C(=O)Nc2cccc(C(F)(F)F)c2)cs1)c1ccccc1. The second-order valence-corrected chi connectivity index (χ2v) is 6.25. The van der Waals surface area contributed by atoms with E-state index in [2.05, 4.69) is 15.6 Å². The summed E-state index contributed by atoms with van der Waals surface area (Å²) in [4.78, 5) is 28.2. The van der Waals surface area contributed by atoms with Crippen LogP contribution < -0.4 is 10.6 Å². The number of nitrogens with zero attached hydrogens (tertiary/aromatic N) is 1. The Morgan fingerprint density at radius 1 is 0.926 bits per heavy atom. The third kappa shape index (κ3) is 4.70. The number of halogens is 3. The molecule has 9 heteroatoms. The van der Waals surface area contributed by atoms with Crippen LogP contribution in [-0.2, 0) is 6.18 Å². The van der Waals surface area contributed by atoms with Gasteiger partial charge in [-0.3, -0.25) is 14.9 Å². The van der Waals surface area contributed by atoms with Crippen molar-refractivity contribution in [2.45, 2.75) is 6.18 Å². The van der Waals surface area contributed by atoms with Crippen LogP contribution in [0.3, 0.4) is 0 Å². The normalized spacial score (nSPS) is 11.1. The minimum atomic E-state index is -4.50. The number of alkyl halides is 3. The lowest BCUT2D eigenvalue weighted by Gasteiger charge is -2.09. The summed E-state index contributed by atoms with van der Waals surface area (Å²) in [6, 6.07) is 12.8. The Labute approximate surface area is 155 Å². The molecule has 0 aliphatic heterocycles. The van der Waals surface area contributed by atoms with E-state index < -0.39 is 17.6 Å². The van der Waals surface area contributed by atoms with Crippen LogP contribution in [0, 0.1) is 0 Å². The molecule has 0 bridgehead atoms. The van der Waals surface area contributed by atoms with Gasteiger partial charge >= 0.3 is 6.18 Å². The van der Waals surface area contributed by atoms with Crippen molar-refractivity contribution in [1.29, 1.82) is 0 Å². The largest absolute Gasteiger partial charge is 0.416 e. The molecular weight excluding hydrogens is 379 g/mol. The predicted molar refractivity (Wildman–Crippen MR) is 95.9 cm³/mol. The van der Waals surface area contributed by atoms with E-state index in [-0.39, 0.29) is 22.4 Å². The quantitative estimate of drug-likeness (QED) is 0.679. The van der Waals surface area contributed by atoms with E-state index in [0.29, 0.717) is 5.56 Å². The van der Waals surface area contributed by atoms with Gasteiger partial charge in [0.05, 0.1) is 5.56 Å². The molecule has 2 amide bonds. The van der Waals surface area contributed by atoms with Gasteiger partial charge in [-0.1, -0.05) is 24.3 Å². The van der Waals surface area contributed by atoms with Crippen LogP contribution in [-0.4, -0.2) is 16.8 Å². The number of nitrogens with one attached hydrogen (secondary N) is 2. The lowest BCUT2D eigenvalue weighted by Crippen LogP contribution is -2.15. The predicted octanol–water partition coefficient (Wildman–Crippen LogP) is 4.67. The van der Waals surface area contributed by atoms with Crippen LogP contribution in [0.25, 0.3) is 0 Å². The molecule has 1 heterocycles. The summed E-state index contributed by atoms with van der Waals surface area (Å²) in [5, 5.41) is 6.54. The van der Waals surface area contributed by atoms with E-state index in [1.165, 1.54) is 17.5 Å². The third-order valence-corrected chi connectivity index (χ3v) is 4.20. The molecule has 0 fully saturated rings. The fourth-order valence-corrected chi connectivity index (χ4v) is 2.85. The van der Waals surface area contributed by atoms with Crippen molar-refractivity contribution in [3.05, 3.63) is 76.8 Å². The van der Waals surface area contributed by atoms with Crippen LogP contribution in [0.5, 0.6) is 0 Å². The Kier molecular flexibility index (Phi) is 5.22. The molecule has 0 atom stereocenters. The molecule has 138 valence electrons. The number of hydrogen-bond donors (Lipinski definition) is 2. The Hall–Kier alpha value is -3.20. The van der Waals surface area contributed by atoms with Crippen molar-refractivity contribution in [3.8, 4) is 0 Å². The number of carbonyl (C=O) groups excluding carboxylic acids is 2. The molecule has 2 aromatic carbocycles. The maximum Gasteiger partial charge on any atom is 0.416 e. The lowest BCUT2D eigenvalue weighted by molar-refractivity contribution is -0.137. The summed E-state index contributed by atoms with van der Waals surface area (Å²) in [6.45, 7) is 0. The number of carbonyl (C=O) groups is 2. The second kappa shape index (κ2) is 7.58. The highest BCUT2D eigenvalue weighted by molar-refractivity contribution is 7.14. The van der Waals surface area contributed by atoms with E-state index in [1.807, 2.05) is 0 Å². The molecule has 1 aromatic heterocycles. The Bertz CT molecular complexity index is 971. The fourth-order valence-electron chi connectivity index (χ4n) is 2.16. The lowest BCUT2D eigenvalue weighted by atomic mass is 10.2. The Morgan fingerprint density at radius 3 is 2.37 bits per heavy atom. The first-order chi connectivity index (χ1) is 12.8. The van der Waals surface area contributed by atoms with Crippen LogP contribution in [0.2, 0.25) is 0 Å². The van der Waals surface area contributed by atoms with Gasteiger partial charge in [0.15, 0.2) is 5.13 Å². The van der Waals surface area contributed by atoms with Crippen molar-refractivity contribution >= 4 is 34.0 Å². The van der Waals surface area contributed by atoms with E-state index in [1.54, 1.807) is 30.3 Å². The number of benzene rings is 2. The van der Waals surface area contributed by atoms with Gasteiger partial charge in [0.1, 0.15) is 5.69 Å². The van der Waals surface area contributed by atoms with Gasteiger partial charge in [0, 0.05) is 16.6 Å². The first-order valence-corrected chi connectivity index (χ1v) is 8.51. The van der Waals surface area contributed by atoms with E-state index in [4.69, 9.17) is 0 Å². The zero-order valence-electron chi connectivity index (χ0n) is 13.6. The molecule has 5 nitrogen and oxygen atoms in total. The molecule has 27 heavy (non-hydrogen) atoms. The number of amides is 2. The Morgan fingerprint density at radius 2 is 1.67 bits per heavy atom. The number of hydrogen-bond acceptors (Lipinski definition) is 4. The van der Waals surface area contributed by atoms with Gasteiger partial charge in [0.25, 0.3) is 11.8 Å². The van der Waals surface area contributed by atoms with Gasteiger partial charge in [0.2, 0.25) is 0 Å². The average Bonchev–Trinajstić information content (AvgIpc) is 3.10. The topological polar surface area (TPSA) is 71.1 Å². The van der Waals surface area contributed by atoms with Crippen molar-refractivity contribution in [2.24, 2.45) is 0 Å². The maximum absolute atomic E-state index is 12.7. The van der Waals surface area contributed by atoms with Crippen LogP contribution in [0.1, 0.15) is 26.4 Å². The highest BCUT2D eigenvalue weighted by atomic mass is 32.1. The molecule has 2 N–H and O–H groups in total. The minimum absolute atomic E-state index is 0.00213. The highest BCUT2D eigenvalue weighted by Gasteiger charge is 2.30. The van der Waals surface area contributed by atoms with E-state index in [9.17, 15) is 22.8 Å². The molecular formula is C18H12F3N3O2S. The van der Waals surface area contributed by atoms with Crippen LogP contribution >= 0.6 is 11.3 Å². The van der Waals surface area contributed by atoms with Crippen LogP contribution in [0.15, 0.2) is 60.0 Å². The summed E-state index contributed by atoms with van der Waals surface area (Å²) in [5.74, 6) is -1.06. The summed E-state index contributed by atoms with van der Waals surface area (Å²) >= 11 is 1.03. The average molecular weight is 391 g/mol. The zero-order valence-corrected chi connectivity index (χ0v) is 14.4. The first-order valence-electron chi connectivity index (χ1n) is 7.63. The molecule has 0 spiro atoms. The standard InChI is InChI=1S/C18H12F3N3O2S/c19-18(20,21)12-7-4-8-13(9-12)22-16(26)14-10-27-17(23-14)24-15(25)11-5-2-1-3-6-11/h1-10H,(H,22,26)(H,23,24,25). The van der Waals surface area contributed by atoms with Gasteiger partial charge in [-0.05, 0) is 30.3 Å². The maximum atomic E-state index is 12.7. The van der Waals surface area contributed by atoms with Gasteiger partial charge in [-0.15, -0.1) is 11.3 Å². The number of anilines is 2. The zero-order chi connectivity index (χ0) is 19.4. The van der Waals surface area contributed by atoms with Crippen molar-refractivity contribution < 1.29 is 22.8 Å². The summed E-state index contributed by atoms with van der Waals surface area (Å²) in [5.41, 5.74) is -0.449. The number of rotatable bonds is 4. The summed E-state index contributed by atoms with van der Waals surface area (Å²) < 4.78 is 38.2.